The van der Waals surface area contributed by atoms with E-state index >= 15 is 0 Å². The van der Waals surface area contributed by atoms with E-state index in [-0.39, 0.29) is 5.92 Å². The smallest absolute Gasteiger partial charge is 0.166 e. The molecule has 0 N–H and O–H groups in total. The summed E-state index contributed by atoms with van der Waals surface area (Å²) in [5.74, 6) is 0.471. The number of fused-ring (bicyclic) bond motifs is 3. The van der Waals surface area contributed by atoms with Crippen LogP contribution in [0.1, 0.15) is 47.3 Å². The largest absolute Gasteiger partial charge is 0.294 e. The topological polar surface area (TPSA) is 33.2 Å². The van der Waals surface area contributed by atoms with Gasteiger partial charge in [0.25, 0.3) is 0 Å². The molecule has 2 bridgehead atoms. The molecule has 2 atom stereocenters. The molecular formula is C25H26N2O. The third-order valence-electron chi connectivity index (χ3n) is 6.58. The Bertz CT molecular complexity index is 999. The molecule has 3 nitrogen and oxygen atoms in total. The maximum absolute atomic E-state index is 13.3. The molecule has 0 saturated carbocycles. The van der Waals surface area contributed by atoms with Crippen molar-refractivity contribution in [2.75, 3.05) is 0 Å². The van der Waals surface area contributed by atoms with Crippen LogP contribution in [0.15, 0.2) is 60.7 Å². The van der Waals surface area contributed by atoms with Gasteiger partial charge in [0.05, 0.1) is 5.52 Å². The summed E-state index contributed by atoms with van der Waals surface area (Å²) in [6.07, 6.45) is 4.43. The molecule has 0 aliphatic carbocycles. The average molecular weight is 370 g/mol. The second-order valence-electron chi connectivity index (χ2n) is 8.44. The van der Waals surface area contributed by atoms with Crippen LogP contribution in [0.5, 0.6) is 0 Å². The zero-order valence-corrected chi connectivity index (χ0v) is 16.3. The molecule has 28 heavy (non-hydrogen) atoms. The number of aromatic nitrogens is 1. The van der Waals surface area contributed by atoms with Crippen molar-refractivity contribution in [3.63, 3.8) is 0 Å². The Morgan fingerprint density at radius 3 is 2.50 bits per heavy atom. The van der Waals surface area contributed by atoms with Gasteiger partial charge in [0.1, 0.15) is 0 Å². The van der Waals surface area contributed by atoms with Crippen molar-refractivity contribution in [1.29, 1.82) is 0 Å². The van der Waals surface area contributed by atoms with Gasteiger partial charge in [0.2, 0.25) is 0 Å². The number of aryl methyl sites for hydroxylation is 1. The molecule has 2 saturated heterocycles. The minimum Gasteiger partial charge on any atom is -0.294 e. The molecular weight excluding hydrogens is 344 g/mol. The van der Waals surface area contributed by atoms with E-state index in [1.165, 1.54) is 18.4 Å². The minimum atomic E-state index is 0.153. The van der Waals surface area contributed by atoms with E-state index < -0.39 is 0 Å². The number of piperidine rings is 1. The first-order valence-corrected chi connectivity index (χ1v) is 10.4. The van der Waals surface area contributed by atoms with Gasteiger partial charge in [-0.3, -0.25) is 14.7 Å². The van der Waals surface area contributed by atoms with Crippen LogP contribution >= 0.6 is 0 Å². The maximum Gasteiger partial charge on any atom is 0.166 e. The Morgan fingerprint density at radius 2 is 1.75 bits per heavy atom. The van der Waals surface area contributed by atoms with Gasteiger partial charge in [0, 0.05) is 41.2 Å². The van der Waals surface area contributed by atoms with Gasteiger partial charge >= 0.3 is 0 Å². The van der Waals surface area contributed by atoms with E-state index in [0.29, 0.717) is 17.9 Å². The standard InChI is InChI=1S/C25H26N2O/c1-17-7-8-19-13-20(9-12-24(19)26-17)25(28)21-14-22-10-11-23(15-21)27(22)16-18-5-3-2-4-6-18/h2-9,12-13,21-23H,10-11,14-16H2,1H3. The van der Waals surface area contributed by atoms with Crippen molar-refractivity contribution in [2.24, 2.45) is 5.92 Å². The zero-order chi connectivity index (χ0) is 19.1. The molecule has 2 aromatic carbocycles. The lowest BCUT2D eigenvalue weighted by molar-refractivity contribution is 0.0678. The van der Waals surface area contributed by atoms with E-state index in [1.54, 1.807) is 0 Å². The van der Waals surface area contributed by atoms with Crippen LogP contribution in [0, 0.1) is 12.8 Å². The SMILES string of the molecule is Cc1ccc2cc(C(=O)C3CC4CCC(C3)N4Cc3ccccc3)ccc2n1. The molecule has 3 aromatic rings. The van der Waals surface area contributed by atoms with Crippen LogP contribution < -0.4 is 0 Å². The fourth-order valence-corrected chi connectivity index (χ4v) is 5.16. The van der Waals surface area contributed by atoms with E-state index in [0.717, 1.165) is 41.5 Å². The molecule has 142 valence electrons. The molecule has 0 spiro atoms. The highest BCUT2D eigenvalue weighted by Gasteiger charge is 2.42. The number of benzene rings is 2. The third-order valence-corrected chi connectivity index (χ3v) is 6.58. The number of pyridine rings is 1. The van der Waals surface area contributed by atoms with Crippen molar-refractivity contribution in [3.8, 4) is 0 Å². The van der Waals surface area contributed by atoms with E-state index in [1.807, 2.05) is 31.2 Å². The second-order valence-corrected chi connectivity index (χ2v) is 8.44. The second kappa shape index (κ2) is 7.14. The van der Waals surface area contributed by atoms with Gasteiger partial charge in [-0.15, -0.1) is 0 Å². The Hall–Kier alpha value is -2.52. The third kappa shape index (κ3) is 3.24. The lowest BCUT2D eigenvalue weighted by Gasteiger charge is -2.38. The predicted octanol–water partition coefficient (Wildman–Crippen LogP) is 5.17. The number of nitrogens with zero attached hydrogens (tertiary/aromatic N) is 2. The molecule has 2 aliphatic heterocycles. The van der Waals surface area contributed by atoms with Gasteiger partial charge in [-0.2, -0.15) is 0 Å². The highest BCUT2D eigenvalue weighted by molar-refractivity contribution is 6.01. The van der Waals surface area contributed by atoms with E-state index in [4.69, 9.17) is 0 Å². The fourth-order valence-electron chi connectivity index (χ4n) is 5.16. The van der Waals surface area contributed by atoms with E-state index in [2.05, 4.69) is 46.3 Å². The number of ketones is 1. The summed E-state index contributed by atoms with van der Waals surface area (Å²) in [6, 6.07) is 21.9. The first-order chi connectivity index (χ1) is 13.7. The van der Waals surface area contributed by atoms with Crippen LogP contribution in [0.4, 0.5) is 0 Å². The monoisotopic (exact) mass is 370 g/mol. The van der Waals surface area contributed by atoms with Gasteiger partial charge in [-0.1, -0.05) is 36.4 Å². The summed E-state index contributed by atoms with van der Waals surface area (Å²) in [5, 5.41) is 1.06. The number of Topliss-reactive ketones (excluding diaryl/α,β-unsaturated/α-hetero) is 1. The molecule has 0 radical (unpaired) electrons. The van der Waals surface area contributed by atoms with E-state index in [9.17, 15) is 4.79 Å². The maximum atomic E-state index is 13.3. The van der Waals surface area contributed by atoms with Gasteiger partial charge in [-0.05, 0) is 62.4 Å². The lowest BCUT2D eigenvalue weighted by atomic mass is 9.84. The van der Waals surface area contributed by atoms with Crippen molar-refractivity contribution in [3.05, 3.63) is 77.5 Å². The number of carbonyl (C=O) groups excluding carboxylic acids is 1. The number of hydrogen-bond donors (Lipinski definition) is 0. The summed E-state index contributed by atoms with van der Waals surface area (Å²) >= 11 is 0. The van der Waals surface area contributed by atoms with Crippen molar-refractivity contribution in [1.82, 2.24) is 9.88 Å². The molecule has 3 heteroatoms. The highest BCUT2D eigenvalue weighted by atomic mass is 16.1. The molecule has 2 unspecified atom stereocenters. The van der Waals surface area contributed by atoms with Gasteiger partial charge < -0.3 is 0 Å². The molecule has 2 fully saturated rings. The van der Waals surface area contributed by atoms with Crippen LogP contribution in [0.3, 0.4) is 0 Å². The molecule has 5 rings (SSSR count). The number of rotatable bonds is 4. The lowest BCUT2D eigenvalue weighted by Crippen LogP contribution is -2.44. The normalized spacial score (nSPS) is 24.5. The van der Waals surface area contributed by atoms with Crippen LogP contribution in [0.25, 0.3) is 10.9 Å². The fraction of sp³-hybridized carbons (Fsp3) is 0.360. The Labute approximate surface area is 166 Å². The summed E-state index contributed by atoms with van der Waals surface area (Å²) < 4.78 is 0. The quantitative estimate of drug-likeness (QED) is 0.594. The Balaban J connectivity index is 1.33. The first kappa shape index (κ1) is 17.6. The number of carbonyl (C=O) groups is 1. The van der Waals surface area contributed by atoms with Crippen LogP contribution in [-0.4, -0.2) is 27.8 Å². The van der Waals surface area contributed by atoms with Crippen molar-refractivity contribution in [2.45, 2.75) is 51.2 Å². The summed E-state index contributed by atoms with van der Waals surface area (Å²) in [4.78, 5) is 20.5. The number of hydrogen-bond acceptors (Lipinski definition) is 3. The first-order valence-electron chi connectivity index (χ1n) is 10.4. The Morgan fingerprint density at radius 1 is 1.00 bits per heavy atom. The van der Waals surface area contributed by atoms with Crippen LogP contribution in [0.2, 0.25) is 0 Å². The average Bonchev–Trinajstić information content (AvgIpc) is 2.95. The molecule has 0 amide bonds. The highest BCUT2D eigenvalue weighted by Crippen LogP contribution is 2.40. The van der Waals surface area contributed by atoms with Gasteiger partial charge in [0.15, 0.2) is 5.78 Å². The minimum absolute atomic E-state index is 0.153. The van der Waals surface area contributed by atoms with Crippen LogP contribution in [-0.2, 0) is 6.54 Å². The summed E-state index contributed by atoms with van der Waals surface area (Å²) in [5.41, 5.74) is 4.20. The Kier molecular flexibility index (Phi) is 4.48. The summed E-state index contributed by atoms with van der Waals surface area (Å²) in [7, 11) is 0. The molecule has 1 aromatic heterocycles. The molecule has 3 heterocycles. The van der Waals surface area contributed by atoms with Crippen molar-refractivity contribution < 1.29 is 4.79 Å². The molecule has 2 aliphatic rings. The van der Waals surface area contributed by atoms with Gasteiger partial charge in [-0.25, -0.2) is 0 Å². The van der Waals surface area contributed by atoms with Crippen molar-refractivity contribution >= 4 is 16.7 Å². The summed E-state index contributed by atoms with van der Waals surface area (Å²) in [6.45, 7) is 3.01. The zero-order valence-electron chi connectivity index (χ0n) is 16.3. The predicted molar refractivity (Wildman–Crippen MR) is 112 cm³/mol.